The second-order valence-corrected chi connectivity index (χ2v) is 6.45. The Hall–Kier alpha value is -2.61. The molecule has 0 saturated carbocycles. The molecule has 0 bridgehead atoms. The van der Waals surface area contributed by atoms with Crippen molar-refractivity contribution in [3.63, 3.8) is 0 Å². The lowest BCUT2D eigenvalue weighted by Crippen LogP contribution is -2.38. The van der Waals surface area contributed by atoms with Crippen LogP contribution in [0.5, 0.6) is 5.75 Å². The van der Waals surface area contributed by atoms with Crippen molar-refractivity contribution in [2.75, 3.05) is 40.8 Å². The number of ether oxygens (including phenoxy) is 1. The number of nitrogens with one attached hydrogen (secondary N) is 2. The molecule has 0 saturated heterocycles. The Morgan fingerprint density at radius 2 is 2.15 bits per heavy atom. The normalized spacial score (nSPS) is 11.7. The molecule has 0 radical (unpaired) electrons. The topological polar surface area (TPSA) is 79.6 Å². The zero-order valence-corrected chi connectivity index (χ0v) is 16.8. The number of aryl methyl sites for hydroxylation is 1. The second-order valence-electron chi connectivity index (χ2n) is 6.45. The Bertz CT molecular complexity index is 712. The van der Waals surface area contributed by atoms with Crippen LogP contribution in [-0.4, -0.2) is 66.5 Å². The SMILES string of the molecule is CCc1nncn1CCNC(=NC)NCc1cccc(OCCN(C)C)c1. The summed E-state index contributed by atoms with van der Waals surface area (Å²) in [6.07, 6.45) is 2.64. The molecule has 0 spiro atoms. The number of guanidine groups is 1. The quantitative estimate of drug-likeness (QED) is 0.480. The van der Waals surface area contributed by atoms with Crippen molar-refractivity contribution in [3.8, 4) is 5.75 Å². The first-order chi connectivity index (χ1) is 13.1. The lowest BCUT2D eigenvalue weighted by Gasteiger charge is -2.14. The smallest absolute Gasteiger partial charge is 0.191 e. The zero-order valence-electron chi connectivity index (χ0n) is 16.8. The van der Waals surface area contributed by atoms with Crippen LogP contribution in [0.3, 0.4) is 0 Å². The predicted octanol–water partition coefficient (Wildman–Crippen LogP) is 1.15. The molecule has 1 aromatic heterocycles. The molecule has 0 atom stereocenters. The van der Waals surface area contributed by atoms with E-state index >= 15 is 0 Å². The third-order valence-electron chi connectivity index (χ3n) is 4.05. The first kappa shape index (κ1) is 20.7. The Kier molecular flexibility index (Phi) is 8.57. The molecule has 2 N–H and O–H groups in total. The van der Waals surface area contributed by atoms with E-state index < -0.39 is 0 Å². The van der Waals surface area contributed by atoms with Crippen LogP contribution in [0.2, 0.25) is 0 Å². The third-order valence-corrected chi connectivity index (χ3v) is 4.05. The number of rotatable bonds is 10. The molecule has 0 fully saturated rings. The van der Waals surface area contributed by atoms with E-state index in [1.165, 1.54) is 0 Å². The minimum absolute atomic E-state index is 0.677. The first-order valence-electron chi connectivity index (χ1n) is 9.30. The number of likely N-dealkylation sites (N-methyl/N-ethyl adjacent to an activating group) is 1. The predicted molar refractivity (Wildman–Crippen MR) is 108 cm³/mol. The molecular weight excluding hydrogens is 342 g/mol. The van der Waals surface area contributed by atoms with Gasteiger partial charge in [-0.25, -0.2) is 0 Å². The Morgan fingerprint density at radius 3 is 2.89 bits per heavy atom. The molecule has 8 heteroatoms. The molecule has 0 aliphatic heterocycles. The molecule has 27 heavy (non-hydrogen) atoms. The van der Waals surface area contributed by atoms with Crippen molar-refractivity contribution in [1.29, 1.82) is 0 Å². The van der Waals surface area contributed by atoms with Gasteiger partial charge in [0.1, 0.15) is 24.5 Å². The van der Waals surface area contributed by atoms with E-state index in [0.717, 1.165) is 49.2 Å². The van der Waals surface area contributed by atoms with E-state index in [2.05, 4.69) is 54.3 Å². The molecule has 8 nitrogen and oxygen atoms in total. The average molecular weight is 374 g/mol. The highest BCUT2D eigenvalue weighted by molar-refractivity contribution is 5.79. The molecular formula is C19H31N7O. The molecule has 0 aliphatic rings. The van der Waals surface area contributed by atoms with Gasteiger partial charge in [0.25, 0.3) is 0 Å². The third kappa shape index (κ3) is 7.26. The van der Waals surface area contributed by atoms with E-state index in [1.807, 2.05) is 26.2 Å². The first-order valence-corrected chi connectivity index (χ1v) is 9.30. The maximum absolute atomic E-state index is 5.79. The Balaban J connectivity index is 1.76. The summed E-state index contributed by atoms with van der Waals surface area (Å²) in [7, 11) is 5.84. The highest BCUT2D eigenvalue weighted by Crippen LogP contribution is 2.13. The van der Waals surface area contributed by atoms with Gasteiger partial charge in [-0.1, -0.05) is 19.1 Å². The lowest BCUT2D eigenvalue weighted by molar-refractivity contribution is 0.261. The van der Waals surface area contributed by atoms with Gasteiger partial charge in [0, 0.05) is 39.6 Å². The van der Waals surface area contributed by atoms with Gasteiger partial charge in [-0.3, -0.25) is 4.99 Å². The molecule has 2 aromatic rings. The monoisotopic (exact) mass is 373 g/mol. The summed E-state index contributed by atoms with van der Waals surface area (Å²) >= 11 is 0. The van der Waals surface area contributed by atoms with Gasteiger partial charge in [0.15, 0.2) is 5.96 Å². The van der Waals surface area contributed by atoms with E-state index in [0.29, 0.717) is 13.2 Å². The van der Waals surface area contributed by atoms with Gasteiger partial charge in [-0.15, -0.1) is 10.2 Å². The van der Waals surface area contributed by atoms with Crippen LogP contribution in [0.4, 0.5) is 0 Å². The summed E-state index contributed by atoms with van der Waals surface area (Å²) in [6.45, 7) is 5.87. The van der Waals surface area contributed by atoms with E-state index in [4.69, 9.17) is 4.74 Å². The minimum Gasteiger partial charge on any atom is -0.492 e. The highest BCUT2D eigenvalue weighted by Gasteiger charge is 2.03. The molecule has 0 unspecified atom stereocenters. The number of aliphatic imine (C=N–C) groups is 1. The van der Waals surface area contributed by atoms with Crippen molar-refractivity contribution in [2.24, 2.45) is 4.99 Å². The van der Waals surface area contributed by atoms with Crippen LogP contribution in [0, 0.1) is 0 Å². The van der Waals surface area contributed by atoms with E-state index in [-0.39, 0.29) is 0 Å². The van der Waals surface area contributed by atoms with Crippen molar-refractivity contribution >= 4 is 5.96 Å². The van der Waals surface area contributed by atoms with Crippen LogP contribution < -0.4 is 15.4 Å². The maximum Gasteiger partial charge on any atom is 0.191 e. The summed E-state index contributed by atoms with van der Waals surface area (Å²) in [5, 5.41) is 14.7. The summed E-state index contributed by atoms with van der Waals surface area (Å²) < 4.78 is 7.84. The fourth-order valence-corrected chi connectivity index (χ4v) is 2.53. The van der Waals surface area contributed by atoms with Crippen molar-refractivity contribution in [1.82, 2.24) is 30.3 Å². The molecule has 1 heterocycles. The zero-order chi connectivity index (χ0) is 19.5. The molecule has 1 aromatic carbocycles. The minimum atomic E-state index is 0.677. The fraction of sp³-hybridized carbons (Fsp3) is 0.526. The number of benzene rings is 1. The second kappa shape index (κ2) is 11.2. The summed E-state index contributed by atoms with van der Waals surface area (Å²) in [5.74, 6) is 2.64. The van der Waals surface area contributed by atoms with Crippen molar-refractivity contribution < 1.29 is 4.74 Å². The number of hydrogen-bond acceptors (Lipinski definition) is 5. The van der Waals surface area contributed by atoms with Crippen LogP contribution in [0.1, 0.15) is 18.3 Å². The van der Waals surface area contributed by atoms with Gasteiger partial charge in [0.2, 0.25) is 0 Å². The Labute approximate surface area is 161 Å². The number of aromatic nitrogens is 3. The molecule has 0 amide bonds. The van der Waals surface area contributed by atoms with Crippen LogP contribution in [0.15, 0.2) is 35.6 Å². The Morgan fingerprint density at radius 1 is 1.30 bits per heavy atom. The lowest BCUT2D eigenvalue weighted by atomic mass is 10.2. The number of hydrogen-bond donors (Lipinski definition) is 2. The van der Waals surface area contributed by atoms with Crippen molar-refractivity contribution in [3.05, 3.63) is 42.0 Å². The molecule has 2 rings (SSSR count). The van der Waals surface area contributed by atoms with E-state index in [9.17, 15) is 0 Å². The van der Waals surface area contributed by atoms with Gasteiger partial charge in [-0.2, -0.15) is 0 Å². The maximum atomic E-state index is 5.79. The highest BCUT2D eigenvalue weighted by atomic mass is 16.5. The van der Waals surface area contributed by atoms with Crippen LogP contribution in [0.25, 0.3) is 0 Å². The largest absolute Gasteiger partial charge is 0.492 e. The van der Waals surface area contributed by atoms with E-state index in [1.54, 1.807) is 13.4 Å². The molecule has 148 valence electrons. The van der Waals surface area contributed by atoms with Gasteiger partial charge in [0.05, 0.1) is 0 Å². The van der Waals surface area contributed by atoms with Crippen LogP contribution >= 0.6 is 0 Å². The summed E-state index contributed by atoms with van der Waals surface area (Å²) in [4.78, 5) is 6.37. The summed E-state index contributed by atoms with van der Waals surface area (Å²) in [5.41, 5.74) is 1.15. The van der Waals surface area contributed by atoms with Crippen molar-refractivity contribution in [2.45, 2.75) is 26.4 Å². The van der Waals surface area contributed by atoms with Gasteiger partial charge in [-0.05, 0) is 31.8 Å². The van der Waals surface area contributed by atoms with Gasteiger partial charge >= 0.3 is 0 Å². The van der Waals surface area contributed by atoms with Crippen LogP contribution in [-0.2, 0) is 19.5 Å². The average Bonchev–Trinajstić information content (AvgIpc) is 3.12. The molecule has 0 aliphatic carbocycles. The number of nitrogens with zero attached hydrogens (tertiary/aromatic N) is 5. The summed E-state index contributed by atoms with van der Waals surface area (Å²) in [6, 6.07) is 8.12. The standard InChI is InChI=1S/C19H31N7O/c1-5-18-24-23-15-26(18)10-9-21-19(20-2)22-14-16-7-6-8-17(13-16)27-12-11-25(3)4/h6-8,13,15H,5,9-12,14H2,1-4H3,(H2,20,21,22). The fourth-order valence-electron chi connectivity index (χ4n) is 2.53. The van der Waals surface area contributed by atoms with Gasteiger partial charge < -0.3 is 24.8 Å².